The molecule has 10 heteroatoms. The van der Waals surface area contributed by atoms with Crippen LogP contribution in [0.1, 0.15) is 40.1 Å². The number of amides is 1. The van der Waals surface area contributed by atoms with Crippen LogP contribution in [-0.2, 0) is 6.54 Å². The smallest absolute Gasteiger partial charge is 0.410 e. The molecule has 2 atom stereocenters. The Balaban J connectivity index is 1.53. The molecule has 2 aromatic carbocycles. The fraction of sp³-hybridized carbons (Fsp3) is 0.304. The predicted molar refractivity (Wildman–Crippen MR) is 115 cm³/mol. The number of methoxy groups -OCH3 is 2. The molecule has 0 aliphatic carbocycles. The Kier molecular flexibility index (Phi) is 6.17. The highest BCUT2D eigenvalue weighted by molar-refractivity contribution is 5.93. The van der Waals surface area contributed by atoms with E-state index in [0.717, 1.165) is 10.2 Å². The minimum atomic E-state index is -4.52. The number of hydrogen-bond acceptors (Lipinski definition) is 5. The van der Waals surface area contributed by atoms with Crippen LogP contribution in [0.5, 0.6) is 11.5 Å². The highest BCUT2D eigenvalue weighted by Crippen LogP contribution is 2.43. The van der Waals surface area contributed by atoms with Crippen molar-refractivity contribution in [3.05, 3.63) is 71.4 Å². The number of aromatic nitrogens is 2. The third-order valence-electron chi connectivity index (χ3n) is 5.55. The zero-order chi connectivity index (χ0) is 23.6. The number of alkyl halides is 3. The fourth-order valence-electron chi connectivity index (χ4n) is 3.76. The summed E-state index contributed by atoms with van der Waals surface area (Å²) in [6.45, 7) is 0.204. The average Bonchev–Trinajstić information content (AvgIpc) is 3.26. The van der Waals surface area contributed by atoms with Gasteiger partial charge in [0, 0.05) is 19.0 Å². The summed E-state index contributed by atoms with van der Waals surface area (Å²) in [4.78, 5) is 12.6. The Bertz CT molecular complexity index is 1110. The summed E-state index contributed by atoms with van der Waals surface area (Å²) in [5.74, 6) is 0.876. The monoisotopic (exact) mass is 460 g/mol. The molecular weight excluding hydrogens is 437 g/mol. The lowest BCUT2D eigenvalue weighted by molar-refractivity contribution is -0.173. The quantitative estimate of drug-likeness (QED) is 0.567. The number of nitrogens with one attached hydrogen (secondary N) is 2. The van der Waals surface area contributed by atoms with Crippen molar-refractivity contribution in [3.63, 3.8) is 0 Å². The molecule has 0 saturated carbocycles. The van der Waals surface area contributed by atoms with Crippen LogP contribution < -0.4 is 20.1 Å². The van der Waals surface area contributed by atoms with Gasteiger partial charge < -0.3 is 20.1 Å². The maximum Gasteiger partial charge on any atom is 0.410 e. The second-order valence-electron chi connectivity index (χ2n) is 7.65. The molecule has 2 heterocycles. The number of halogens is 3. The lowest BCUT2D eigenvalue weighted by Gasteiger charge is -2.33. The lowest BCUT2D eigenvalue weighted by Crippen LogP contribution is -2.35. The normalized spacial score (nSPS) is 17.6. The maximum absolute atomic E-state index is 13.8. The molecule has 7 nitrogen and oxygen atoms in total. The van der Waals surface area contributed by atoms with Crippen molar-refractivity contribution in [2.24, 2.45) is 0 Å². The molecule has 2 unspecified atom stereocenters. The highest BCUT2D eigenvalue weighted by Gasteiger charge is 2.46. The lowest BCUT2D eigenvalue weighted by atomic mass is 9.97. The Morgan fingerprint density at radius 2 is 1.70 bits per heavy atom. The first kappa shape index (κ1) is 22.5. The van der Waals surface area contributed by atoms with Crippen LogP contribution in [0.3, 0.4) is 0 Å². The zero-order valence-corrected chi connectivity index (χ0v) is 18.0. The van der Waals surface area contributed by atoms with Crippen LogP contribution in [0.15, 0.2) is 54.6 Å². The molecule has 4 rings (SSSR count). The molecule has 2 N–H and O–H groups in total. The first-order valence-corrected chi connectivity index (χ1v) is 10.3. The number of hydrogen-bond donors (Lipinski definition) is 2. The molecule has 0 fully saturated rings. The van der Waals surface area contributed by atoms with Crippen LogP contribution in [0.2, 0.25) is 0 Å². The highest BCUT2D eigenvalue weighted by atomic mass is 19.4. The van der Waals surface area contributed by atoms with Gasteiger partial charge in [-0.1, -0.05) is 24.3 Å². The second kappa shape index (κ2) is 9.05. The first-order valence-electron chi connectivity index (χ1n) is 10.3. The van der Waals surface area contributed by atoms with Crippen molar-refractivity contribution in [3.8, 4) is 11.5 Å². The summed E-state index contributed by atoms with van der Waals surface area (Å²) in [6.07, 6.45) is -4.78. The van der Waals surface area contributed by atoms with Gasteiger partial charge in [-0.2, -0.15) is 18.3 Å². The summed E-state index contributed by atoms with van der Waals surface area (Å²) in [5.41, 5.74) is 1.41. The van der Waals surface area contributed by atoms with Crippen LogP contribution >= 0.6 is 0 Å². The summed E-state index contributed by atoms with van der Waals surface area (Å²) < 4.78 is 52.6. The Hall–Kier alpha value is -3.69. The van der Waals surface area contributed by atoms with Crippen LogP contribution in [0.25, 0.3) is 0 Å². The van der Waals surface area contributed by atoms with Gasteiger partial charge in [0.1, 0.15) is 17.3 Å². The summed E-state index contributed by atoms with van der Waals surface area (Å²) in [7, 11) is 3.08. The minimum Gasteiger partial charge on any atom is -0.497 e. The van der Waals surface area contributed by atoms with Gasteiger partial charge in [0.25, 0.3) is 5.91 Å². The maximum atomic E-state index is 13.8. The molecule has 1 aliphatic heterocycles. The van der Waals surface area contributed by atoms with Crippen molar-refractivity contribution in [1.29, 1.82) is 0 Å². The van der Waals surface area contributed by atoms with Crippen LogP contribution in [0.4, 0.5) is 19.0 Å². The molecule has 3 aromatic rings. The summed E-state index contributed by atoms with van der Waals surface area (Å²) in [5, 5.41) is 9.75. The molecule has 0 bridgehead atoms. The summed E-state index contributed by atoms with van der Waals surface area (Å²) in [6, 6.07) is 12.8. The van der Waals surface area contributed by atoms with Crippen LogP contribution in [0, 0.1) is 0 Å². The first-order chi connectivity index (χ1) is 15.8. The van der Waals surface area contributed by atoms with Crippen molar-refractivity contribution in [2.45, 2.75) is 31.2 Å². The molecule has 1 amide bonds. The van der Waals surface area contributed by atoms with E-state index < -0.39 is 24.2 Å². The number of fused-ring (bicyclic) bond motifs is 1. The Morgan fingerprint density at radius 3 is 2.27 bits per heavy atom. The number of carbonyl (C=O) groups is 1. The number of anilines is 1. The zero-order valence-electron chi connectivity index (χ0n) is 18.0. The van der Waals surface area contributed by atoms with E-state index in [1.54, 1.807) is 55.6 Å². The molecule has 1 aromatic heterocycles. The molecule has 0 radical (unpaired) electrons. The van der Waals surface area contributed by atoms with Crippen molar-refractivity contribution in [1.82, 2.24) is 15.1 Å². The Morgan fingerprint density at radius 1 is 1.09 bits per heavy atom. The SMILES string of the molecule is COc1ccc(CNC(=O)c2cc3n(n2)C(C(F)(F)F)CC(c2ccc(OC)cc2)N3)cc1. The van der Waals surface area contributed by atoms with Gasteiger partial charge in [0.2, 0.25) is 0 Å². The van der Waals surface area contributed by atoms with E-state index >= 15 is 0 Å². The van der Waals surface area contributed by atoms with Crippen LogP contribution in [-0.4, -0.2) is 36.1 Å². The largest absolute Gasteiger partial charge is 0.497 e. The standard InChI is InChI=1S/C23H23F3N4O3/c1-32-16-7-3-14(4-8-16)13-27-22(31)19-12-21-28-18(15-5-9-17(33-2)10-6-15)11-20(23(24,25)26)30(21)29-19/h3-10,12,18,20,28H,11,13H2,1-2H3,(H,27,31). The minimum absolute atomic E-state index is 0.0874. The second-order valence-corrected chi connectivity index (χ2v) is 7.65. The van der Waals surface area contributed by atoms with Crippen molar-refractivity contribution in [2.75, 3.05) is 19.5 Å². The van der Waals surface area contributed by atoms with Gasteiger partial charge in [0.15, 0.2) is 11.7 Å². The van der Waals surface area contributed by atoms with Gasteiger partial charge in [0.05, 0.1) is 20.3 Å². The number of benzene rings is 2. The van der Waals surface area contributed by atoms with Gasteiger partial charge in [-0.15, -0.1) is 0 Å². The van der Waals surface area contributed by atoms with E-state index in [9.17, 15) is 18.0 Å². The van der Waals surface area contributed by atoms with Crippen molar-refractivity contribution >= 4 is 11.7 Å². The molecule has 33 heavy (non-hydrogen) atoms. The molecule has 0 saturated heterocycles. The van der Waals surface area contributed by atoms with E-state index in [4.69, 9.17) is 9.47 Å². The van der Waals surface area contributed by atoms with E-state index in [-0.39, 0.29) is 24.5 Å². The topological polar surface area (TPSA) is 77.4 Å². The van der Waals surface area contributed by atoms with Crippen molar-refractivity contribution < 1.29 is 27.4 Å². The van der Waals surface area contributed by atoms with Gasteiger partial charge in [-0.3, -0.25) is 4.79 Å². The Labute approximate surface area is 188 Å². The third-order valence-corrected chi connectivity index (χ3v) is 5.55. The average molecular weight is 460 g/mol. The number of ether oxygens (including phenoxy) is 2. The molecule has 1 aliphatic rings. The molecule has 0 spiro atoms. The van der Waals surface area contributed by atoms with Gasteiger partial charge >= 0.3 is 6.18 Å². The van der Waals surface area contributed by atoms with Gasteiger partial charge in [-0.25, -0.2) is 4.68 Å². The van der Waals surface area contributed by atoms with E-state index in [0.29, 0.717) is 17.1 Å². The number of rotatable bonds is 6. The van der Waals surface area contributed by atoms with Gasteiger partial charge in [-0.05, 0) is 35.4 Å². The predicted octanol–water partition coefficient (Wildman–Crippen LogP) is 4.49. The number of nitrogens with zero attached hydrogens (tertiary/aromatic N) is 2. The van der Waals surface area contributed by atoms with E-state index in [1.165, 1.54) is 13.2 Å². The van der Waals surface area contributed by atoms with E-state index in [1.807, 2.05) is 0 Å². The molecule has 174 valence electrons. The molecular formula is C23H23F3N4O3. The third kappa shape index (κ3) is 4.89. The summed E-state index contributed by atoms with van der Waals surface area (Å²) >= 11 is 0. The number of carbonyl (C=O) groups excluding carboxylic acids is 1. The van der Waals surface area contributed by atoms with E-state index in [2.05, 4.69) is 15.7 Å². The fourth-order valence-corrected chi connectivity index (χ4v) is 3.76.